The van der Waals surface area contributed by atoms with Crippen molar-refractivity contribution >= 4 is 22.6 Å². The van der Waals surface area contributed by atoms with Crippen molar-refractivity contribution in [3.05, 3.63) is 84.2 Å². The van der Waals surface area contributed by atoms with Crippen LogP contribution in [0.1, 0.15) is 37.1 Å². The lowest BCUT2D eigenvalue weighted by Gasteiger charge is -2.19. The van der Waals surface area contributed by atoms with Gasteiger partial charge in [0.2, 0.25) is 5.91 Å². The highest BCUT2D eigenvalue weighted by molar-refractivity contribution is 5.97. The molecule has 35 heavy (non-hydrogen) atoms. The smallest absolute Gasteiger partial charge is 0.227 e. The van der Waals surface area contributed by atoms with Crippen molar-refractivity contribution in [2.75, 3.05) is 25.2 Å². The van der Waals surface area contributed by atoms with Crippen LogP contribution < -0.4 is 14.4 Å². The third-order valence-corrected chi connectivity index (χ3v) is 6.68. The molecule has 3 aromatic carbocycles. The Balaban J connectivity index is 1.33. The van der Waals surface area contributed by atoms with Gasteiger partial charge in [-0.2, -0.15) is 0 Å². The van der Waals surface area contributed by atoms with Gasteiger partial charge in [0.1, 0.15) is 17.3 Å². The van der Waals surface area contributed by atoms with Crippen LogP contribution in [0.5, 0.6) is 11.5 Å². The van der Waals surface area contributed by atoms with Crippen LogP contribution in [0.3, 0.4) is 0 Å². The van der Waals surface area contributed by atoms with Gasteiger partial charge in [-0.25, -0.2) is 4.98 Å². The number of carbonyl (C=O) groups excluding carboxylic acids is 1. The fourth-order valence-electron chi connectivity index (χ4n) is 4.84. The van der Waals surface area contributed by atoms with E-state index < -0.39 is 0 Å². The molecule has 0 spiro atoms. The molecule has 4 aromatic rings. The monoisotopic (exact) mass is 469 g/mol. The molecule has 6 heteroatoms. The van der Waals surface area contributed by atoms with Gasteiger partial charge in [0.15, 0.2) is 0 Å². The van der Waals surface area contributed by atoms with Crippen molar-refractivity contribution in [3.8, 4) is 11.5 Å². The first-order chi connectivity index (χ1) is 17.2. The first-order valence-corrected chi connectivity index (χ1v) is 12.3. The van der Waals surface area contributed by atoms with Crippen molar-refractivity contribution in [3.63, 3.8) is 0 Å². The quantitative estimate of drug-likeness (QED) is 0.300. The molecule has 0 unspecified atom stereocenters. The third-order valence-electron chi connectivity index (χ3n) is 6.68. The first-order valence-electron chi connectivity index (χ1n) is 12.3. The number of para-hydroxylation sites is 4. The van der Waals surface area contributed by atoms with Crippen LogP contribution in [0.2, 0.25) is 0 Å². The Bertz CT molecular complexity index is 1310. The lowest BCUT2D eigenvalue weighted by Crippen LogP contribution is -2.25. The maximum absolute atomic E-state index is 13.0. The number of fused-ring (bicyclic) bond motifs is 1. The van der Waals surface area contributed by atoms with Crippen molar-refractivity contribution in [1.82, 2.24) is 9.55 Å². The molecule has 0 N–H and O–H groups in total. The number of methoxy groups -OCH3 is 1. The fraction of sp³-hybridized carbons (Fsp3) is 0.310. The Morgan fingerprint density at radius 1 is 1.00 bits per heavy atom. The van der Waals surface area contributed by atoms with E-state index in [1.54, 1.807) is 7.11 Å². The number of imidazole rings is 1. The number of amides is 1. The normalized spacial score (nSPS) is 15.7. The zero-order valence-electron chi connectivity index (χ0n) is 20.3. The number of ether oxygens (including phenoxy) is 2. The number of nitrogens with zero attached hydrogens (tertiary/aromatic N) is 3. The first kappa shape index (κ1) is 23.0. The standard InChI is InChI=1S/C29H31N3O3/c1-3-21-13-15-23(16-14-21)35-18-8-17-31-25-10-5-4-9-24(25)30-29(31)22-19-28(33)32(20-22)26-11-6-7-12-27(26)34-2/h4-7,9-16,22H,3,8,17-20H2,1-2H3/t22-/m1/s1. The predicted octanol–water partition coefficient (Wildman–Crippen LogP) is 5.60. The summed E-state index contributed by atoms with van der Waals surface area (Å²) in [6.07, 6.45) is 2.30. The lowest BCUT2D eigenvalue weighted by molar-refractivity contribution is -0.117. The molecule has 1 saturated heterocycles. The summed E-state index contributed by atoms with van der Waals surface area (Å²) in [4.78, 5) is 19.8. The molecule has 5 rings (SSSR count). The van der Waals surface area contributed by atoms with E-state index in [1.807, 2.05) is 59.5 Å². The molecular formula is C29H31N3O3. The summed E-state index contributed by atoms with van der Waals surface area (Å²) >= 11 is 0. The van der Waals surface area contributed by atoms with Gasteiger partial charge in [-0.1, -0.05) is 43.3 Å². The fourth-order valence-corrected chi connectivity index (χ4v) is 4.84. The van der Waals surface area contributed by atoms with Crippen LogP contribution in [-0.2, 0) is 17.8 Å². The van der Waals surface area contributed by atoms with Gasteiger partial charge in [-0.3, -0.25) is 4.79 Å². The Morgan fingerprint density at radius 3 is 2.57 bits per heavy atom. The van der Waals surface area contributed by atoms with Crippen LogP contribution >= 0.6 is 0 Å². The van der Waals surface area contributed by atoms with Crippen molar-refractivity contribution < 1.29 is 14.3 Å². The lowest BCUT2D eigenvalue weighted by atomic mass is 10.1. The van der Waals surface area contributed by atoms with Gasteiger partial charge in [0, 0.05) is 25.4 Å². The van der Waals surface area contributed by atoms with E-state index in [-0.39, 0.29) is 11.8 Å². The number of benzene rings is 3. The zero-order chi connectivity index (χ0) is 24.2. The minimum absolute atomic E-state index is 0.0160. The highest BCUT2D eigenvalue weighted by Crippen LogP contribution is 2.37. The third kappa shape index (κ3) is 4.74. The second kappa shape index (κ2) is 10.2. The number of rotatable bonds is 9. The molecule has 1 aromatic heterocycles. The molecule has 180 valence electrons. The second-order valence-electron chi connectivity index (χ2n) is 8.89. The summed E-state index contributed by atoms with van der Waals surface area (Å²) in [6, 6.07) is 24.2. The van der Waals surface area contributed by atoms with E-state index in [0.29, 0.717) is 25.3 Å². The molecule has 1 aliphatic heterocycles. The molecule has 1 amide bonds. The number of aromatic nitrogens is 2. The highest BCUT2D eigenvalue weighted by atomic mass is 16.5. The van der Waals surface area contributed by atoms with Gasteiger partial charge in [0.25, 0.3) is 0 Å². The Kier molecular flexibility index (Phi) is 6.70. The van der Waals surface area contributed by atoms with E-state index in [2.05, 4.69) is 29.7 Å². The van der Waals surface area contributed by atoms with E-state index in [0.717, 1.165) is 47.7 Å². The molecule has 2 heterocycles. The van der Waals surface area contributed by atoms with Crippen LogP contribution in [0, 0.1) is 0 Å². The van der Waals surface area contributed by atoms with Gasteiger partial charge >= 0.3 is 0 Å². The highest BCUT2D eigenvalue weighted by Gasteiger charge is 2.35. The number of anilines is 1. The van der Waals surface area contributed by atoms with Gasteiger partial charge in [0.05, 0.1) is 30.4 Å². The molecule has 6 nitrogen and oxygen atoms in total. The minimum atomic E-state index is 0.0160. The van der Waals surface area contributed by atoms with Gasteiger partial charge in [-0.05, 0) is 54.8 Å². The van der Waals surface area contributed by atoms with Crippen molar-refractivity contribution in [2.24, 2.45) is 0 Å². The molecule has 0 radical (unpaired) electrons. The zero-order valence-corrected chi connectivity index (χ0v) is 20.3. The average Bonchev–Trinajstić information content (AvgIpc) is 3.47. The maximum atomic E-state index is 13.0. The van der Waals surface area contributed by atoms with Gasteiger partial charge in [-0.15, -0.1) is 0 Å². The molecule has 0 bridgehead atoms. The number of aryl methyl sites for hydroxylation is 2. The van der Waals surface area contributed by atoms with Crippen LogP contribution in [0.4, 0.5) is 5.69 Å². The summed E-state index contributed by atoms with van der Waals surface area (Å²) in [6.45, 7) is 4.13. The largest absolute Gasteiger partial charge is 0.495 e. The molecule has 1 aliphatic rings. The summed E-state index contributed by atoms with van der Waals surface area (Å²) < 4.78 is 13.8. The van der Waals surface area contributed by atoms with Crippen LogP contribution in [0.25, 0.3) is 11.0 Å². The van der Waals surface area contributed by atoms with Gasteiger partial charge < -0.3 is 18.9 Å². The van der Waals surface area contributed by atoms with Crippen molar-refractivity contribution in [2.45, 2.75) is 38.6 Å². The molecule has 1 fully saturated rings. The van der Waals surface area contributed by atoms with E-state index in [1.165, 1.54) is 5.56 Å². The average molecular weight is 470 g/mol. The number of hydrogen-bond acceptors (Lipinski definition) is 4. The summed E-state index contributed by atoms with van der Waals surface area (Å²) in [7, 11) is 1.64. The van der Waals surface area contributed by atoms with Crippen molar-refractivity contribution in [1.29, 1.82) is 0 Å². The summed E-state index contributed by atoms with van der Waals surface area (Å²) in [5.41, 5.74) is 4.17. The maximum Gasteiger partial charge on any atom is 0.227 e. The molecule has 1 atom stereocenters. The number of carbonyl (C=O) groups is 1. The van der Waals surface area contributed by atoms with E-state index >= 15 is 0 Å². The van der Waals surface area contributed by atoms with Crippen LogP contribution in [0.15, 0.2) is 72.8 Å². The topological polar surface area (TPSA) is 56.6 Å². The SMILES string of the molecule is CCc1ccc(OCCCn2c([C@@H]3CC(=O)N(c4ccccc4OC)C3)nc3ccccc32)cc1. The van der Waals surface area contributed by atoms with E-state index in [9.17, 15) is 4.79 Å². The number of hydrogen-bond donors (Lipinski definition) is 0. The predicted molar refractivity (Wildman–Crippen MR) is 138 cm³/mol. The van der Waals surface area contributed by atoms with Crippen LogP contribution in [-0.4, -0.2) is 35.7 Å². The Hall–Kier alpha value is -3.80. The summed E-state index contributed by atoms with van der Waals surface area (Å²) in [5.74, 6) is 2.68. The summed E-state index contributed by atoms with van der Waals surface area (Å²) in [5, 5.41) is 0. The second-order valence-corrected chi connectivity index (χ2v) is 8.89. The Morgan fingerprint density at radius 2 is 1.77 bits per heavy atom. The molecular weight excluding hydrogens is 438 g/mol. The Labute approximate surface area is 206 Å². The van der Waals surface area contributed by atoms with E-state index in [4.69, 9.17) is 14.5 Å². The molecule has 0 saturated carbocycles. The minimum Gasteiger partial charge on any atom is -0.495 e. The molecule has 0 aliphatic carbocycles.